The Morgan fingerprint density at radius 3 is 2.62 bits per heavy atom. The van der Waals surface area contributed by atoms with Crippen LogP contribution in [-0.2, 0) is 25.5 Å². The first-order chi connectivity index (χ1) is 20.1. The molecule has 2 aliphatic heterocycles. The SMILES string of the molecule is C=C1Cc2cccc(c2)-c2cc3cc(ccc3cn2)[C@@H](C)OC(=O)[C@@H]2CCCN(N2)C(=O)[C@H](C)NC(=O)[C@H](C(C)C)N1. The third-order valence-electron chi connectivity index (χ3n) is 7.92. The molecule has 1 fully saturated rings. The van der Waals surface area contributed by atoms with Crippen molar-refractivity contribution < 1.29 is 19.1 Å². The van der Waals surface area contributed by atoms with Crippen LogP contribution in [0.3, 0.4) is 0 Å². The lowest BCUT2D eigenvalue weighted by Crippen LogP contribution is -2.60. The molecule has 0 unspecified atom stereocenters. The van der Waals surface area contributed by atoms with Crippen molar-refractivity contribution in [3.63, 3.8) is 0 Å². The molecule has 9 nitrogen and oxygen atoms in total. The number of fused-ring (bicyclic) bond motifs is 7. The van der Waals surface area contributed by atoms with E-state index in [2.05, 4.69) is 28.7 Å². The minimum absolute atomic E-state index is 0.0538. The number of nitrogens with one attached hydrogen (secondary N) is 3. The van der Waals surface area contributed by atoms with Crippen LogP contribution in [0.5, 0.6) is 0 Å². The third kappa shape index (κ3) is 6.46. The van der Waals surface area contributed by atoms with E-state index in [9.17, 15) is 14.4 Å². The first-order valence-electron chi connectivity index (χ1n) is 14.6. The summed E-state index contributed by atoms with van der Waals surface area (Å²) in [5.74, 6) is -1.08. The average Bonchev–Trinajstić information content (AvgIpc) is 2.98. The van der Waals surface area contributed by atoms with Crippen molar-refractivity contribution in [2.75, 3.05) is 6.54 Å². The van der Waals surface area contributed by atoms with E-state index >= 15 is 0 Å². The van der Waals surface area contributed by atoms with Crippen LogP contribution in [0.1, 0.15) is 57.8 Å². The zero-order valence-electron chi connectivity index (χ0n) is 24.6. The fourth-order valence-electron chi connectivity index (χ4n) is 5.50. The van der Waals surface area contributed by atoms with E-state index in [0.717, 1.165) is 33.2 Å². The molecular formula is C33H39N5O4. The molecule has 0 spiro atoms. The summed E-state index contributed by atoms with van der Waals surface area (Å²) in [6.07, 6.45) is 3.07. The van der Waals surface area contributed by atoms with Crippen molar-refractivity contribution in [3.05, 3.63) is 78.1 Å². The molecule has 5 rings (SSSR count). The van der Waals surface area contributed by atoms with Crippen LogP contribution in [0, 0.1) is 5.92 Å². The molecule has 0 saturated carbocycles. The molecule has 42 heavy (non-hydrogen) atoms. The van der Waals surface area contributed by atoms with Crippen LogP contribution in [0.15, 0.2) is 67.0 Å². The number of hydrazine groups is 1. The Kier molecular flexibility index (Phi) is 8.59. The normalized spacial score (nSPS) is 24.2. The quantitative estimate of drug-likeness (QED) is 0.377. The molecule has 220 valence electrons. The minimum Gasteiger partial charge on any atom is -0.457 e. The van der Waals surface area contributed by atoms with Crippen LogP contribution in [0.25, 0.3) is 22.0 Å². The number of rotatable bonds is 1. The van der Waals surface area contributed by atoms with Crippen LogP contribution in [0.2, 0.25) is 0 Å². The Bertz CT molecular complexity index is 1520. The van der Waals surface area contributed by atoms with Crippen molar-refractivity contribution in [2.24, 2.45) is 5.92 Å². The summed E-state index contributed by atoms with van der Waals surface area (Å²) in [6, 6.07) is 14.1. The van der Waals surface area contributed by atoms with E-state index in [1.54, 1.807) is 6.92 Å². The van der Waals surface area contributed by atoms with Gasteiger partial charge in [0, 0.05) is 35.8 Å². The second-order valence-electron chi connectivity index (χ2n) is 11.6. The molecule has 0 radical (unpaired) electrons. The van der Waals surface area contributed by atoms with Gasteiger partial charge in [-0.2, -0.15) is 0 Å². The number of carbonyl (C=O) groups excluding carboxylic acids is 3. The summed E-state index contributed by atoms with van der Waals surface area (Å²) < 4.78 is 5.86. The molecule has 2 amide bonds. The lowest BCUT2D eigenvalue weighted by molar-refractivity contribution is -0.157. The van der Waals surface area contributed by atoms with E-state index in [-0.39, 0.29) is 17.7 Å². The van der Waals surface area contributed by atoms with Crippen LogP contribution in [0.4, 0.5) is 0 Å². The standard InChI is InChI=1S/C33H39N5O4/c1-19(2)30-31(39)36-21(4)32(40)38-13-7-10-28(37-38)33(41)42-22(5)24-11-12-26-18-34-29(17-27(26)16-24)25-9-6-8-23(15-25)14-20(3)35-30/h6,8-9,11-12,15-19,21-22,28,30,35,37H,3,7,10,13-14H2,1-2,4-5H3,(H,36,39)/t21-,22+,28-,30-/m0/s1. The number of allylic oxidation sites excluding steroid dienone is 1. The van der Waals surface area contributed by atoms with Gasteiger partial charge in [0.05, 0.1) is 5.69 Å². The number of esters is 1. The predicted octanol–water partition coefficient (Wildman–Crippen LogP) is 4.19. The van der Waals surface area contributed by atoms with Gasteiger partial charge >= 0.3 is 5.97 Å². The predicted molar refractivity (Wildman–Crippen MR) is 162 cm³/mol. The van der Waals surface area contributed by atoms with Gasteiger partial charge in [0.1, 0.15) is 24.2 Å². The van der Waals surface area contributed by atoms with Crippen molar-refractivity contribution >= 4 is 28.6 Å². The van der Waals surface area contributed by atoms with Gasteiger partial charge in [0.15, 0.2) is 0 Å². The van der Waals surface area contributed by atoms with E-state index in [4.69, 9.17) is 9.72 Å². The van der Waals surface area contributed by atoms with Gasteiger partial charge < -0.3 is 15.4 Å². The molecule has 3 heterocycles. The first kappa shape index (κ1) is 29.3. The summed E-state index contributed by atoms with van der Waals surface area (Å²) in [5, 5.41) is 9.54. The van der Waals surface area contributed by atoms with Crippen LogP contribution < -0.4 is 16.1 Å². The van der Waals surface area contributed by atoms with Gasteiger partial charge in [-0.05, 0) is 67.3 Å². The summed E-state index contributed by atoms with van der Waals surface area (Å²) in [7, 11) is 0. The number of aromatic nitrogens is 1. The number of benzene rings is 2. The van der Waals surface area contributed by atoms with Crippen LogP contribution >= 0.6 is 0 Å². The Hall–Kier alpha value is -4.24. The van der Waals surface area contributed by atoms with Crippen molar-refractivity contribution in [1.29, 1.82) is 0 Å². The number of hydrogen-bond acceptors (Lipinski definition) is 7. The zero-order valence-corrected chi connectivity index (χ0v) is 24.6. The van der Waals surface area contributed by atoms with Crippen molar-refractivity contribution in [1.82, 2.24) is 26.1 Å². The Labute approximate surface area is 246 Å². The number of cyclic esters (lactones) is 1. The highest BCUT2D eigenvalue weighted by atomic mass is 16.5. The summed E-state index contributed by atoms with van der Waals surface area (Å²) >= 11 is 0. The summed E-state index contributed by atoms with van der Waals surface area (Å²) in [6.45, 7) is 12.0. The van der Waals surface area contributed by atoms with Gasteiger partial charge in [-0.1, -0.05) is 50.8 Å². The second kappa shape index (κ2) is 12.3. The Morgan fingerprint density at radius 1 is 1.02 bits per heavy atom. The molecule has 1 saturated heterocycles. The molecule has 3 aromatic rings. The largest absolute Gasteiger partial charge is 0.457 e. The smallest absolute Gasteiger partial charge is 0.325 e. The summed E-state index contributed by atoms with van der Waals surface area (Å²) in [5.41, 5.74) is 7.42. The molecule has 0 aliphatic carbocycles. The number of amides is 2. The van der Waals surface area contributed by atoms with Gasteiger partial charge in [0.25, 0.3) is 5.91 Å². The van der Waals surface area contributed by atoms with Crippen molar-refractivity contribution in [2.45, 2.75) is 71.2 Å². The van der Waals surface area contributed by atoms with Crippen LogP contribution in [-0.4, -0.2) is 52.4 Å². The zero-order chi connectivity index (χ0) is 30.0. The van der Waals surface area contributed by atoms with Gasteiger partial charge in [0.2, 0.25) is 5.91 Å². The van der Waals surface area contributed by atoms with E-state index < -0.39 is 30.2 Å². The topological polar surface area (TPSA) is 113 Å². The Balaban J connectivity index is 1.50. The molecule has 2 aliphatic rings. The monoisotopic (exact) mass is 569 g/mol. The molecule has 4 atom stereocenters. The van der Waals surface area contributed by atoms with E-state index in [1.807, 2.05) is 69.4 Å². The van der Waals surface area contributed by atoms with Gasteiger partial charge in [-0.15, -0.1) is 0 Å². The maximum atomic E-state index is 13.3. The average molecular weight is 570 g/mol. The lowest BCUT2D eigenvalue weighted by Gasteiger charge is -2.35. The fourth-order valence-corrected chi connectivity index (χ4v) is 5.50. The highest BCUT2D eigenvalue weighted by Gasteiger charge is 2.33. The van der Waals surface area contributed by atoms with Gasteiger partial charge in [-0.3, -0.25) is 24.4 Å². The highest BCUT2D eigenvalue weighted by Crippen LogP contribution is 2.27. The number of pyridine rings is 1. The lowest BCUT2D eigenvalue weighted by atomic mass is 9.99. The van der Waals surface area contributed by atoms with Gasteiger partial charge in [-0.25, -0.2) is 5.43 Å². The molecular weight excluding hydrogens is 530 g/mol. The third-order valence-corrected chi connectivity index (χ3v) is 7.92. The number of carbonyl (C=O) groups is 3. The number of ether oxygens (including phenoxy) is 1. The number of nitrogens with zero attached hydrogens (tertiary/aromatic N) is 2. The van der Waals surface area contributed by atoms with E-state index in [1.165, 1.54) is 5.01 Å². The minimum atomic E-state index is -0.794. The molecule has 9 heteroatoms. The highest BCUT2D eigenvalue weighted by molar-refractivity contribution is 5.90. The molecule has 1 aromatic heterocycles. The molecule has 3 N–H and O–H groups in total. The maximum absolute atomic E-state index is 13.3. The molecule has 7 bridgehead atoms. The number of hydrogen-bond donors (Lipinski definition) is 3. The Morgan fingerprint density at radius 2 is 1.83 bits per heavy atom. The fraction of sp³-hybridized carbons (Fsp3) is 0.394. The molecule has 2 aromatic carbocycles. The van der Waals surface area contributed by atoms with Crippen molar-refractivity contribution in [3.8, 4) is 11.3 Å². The maximum Gasteiger partial charge on any atom is 0.325 e. The van der Waals surface area contributed by atoms with E-state index in [0.29, 0.717) is 31.5 Å². The second-order valence-corrected chi connectivity index (χ2v) is 11.6. The summed E-state index contributed by atoms with van der Waals surface area (Å²) in [4.78, 5) is 44.4. The first-order valence-corrected chi connectivity index (χ1v) is 14.6.